The second-order valence-electron chi connectivity index (χ2n) is 6.56. The van der Waals surface area contributed by atoms with Gasteiger partial charge in [-0.05, 0) is 32.3 Å². The lowest BCUT2D eigenvalue weighted by Crippen LogP contribution is -2.56. The molecule has 0 bridgehead atoms. The van der Waals surface area contributed by atoms with Crippen molar-refractivity contribution in [3.8, 4) is 0 Å². The fourth-order valence-corrected chi connectivity index (χ4v) is 3.37. The molecule has 0 amide bonds. The monoisotopic (exact) mass is 291 g/mol. The lowest BCUT2D eigenvalue weighted by atomic mass is 9.96. The number of likely N-dealkylation sites (tertiary alicyclic amines) is 1. The Morgan fingerprint density at radius 3 is 2.67 bits per heavy atom. The maximum absolute atomic E-state index is 9.52. The number of rotatable bonds is 7. The third-order valence-corrected chi connectivity index (χ3v) is 4.32. The minimum Gasteiger partial charge on any atom is -0.393 e. The summed E-state index contributed by atoms with van der Waals surface area (Å²) >= 11 is 0. The minimum atomic E-state index is -0.274. The number of aliphatic hydroxyl groups excluding tert-OH is 1. The molecule has 1 heterocycles. The van der Waals surface area contributed by atoms with E-state index >= 15 is 0 Å². The number of nitrogens with two attached hydrogens (primary N) is 1. The zero-order valence-corrected chi connectivity index (χ0v) is 13.3. The highest BCUT2D eigenvalue weighted by atomic mass is 16.3. The van der Waals surface area contributed by atoms with Crippen LogP contribution >= 0.6 is 0 Å². The first-order valence-corrected chi connectivity index (χ1v) is 7.95. The number of benzene rings is 1. The topological polar surface area (TPSA) is 61.5 Å². The zero-order chi connectivity index (χ0) is 15.3. The quantitative estimate of drug-likeness (QED) is 0.709. The van der Waals surface area contributed by atoms with Crippen LogP contribution in [0.2, 0.25) is 0 Å². The number of nitrogens with zero attached hydrogens (tertiary/aromatic N) is 1. The van der Waals surface area contributed by atoms with E-state index in [9.17, 15) is 5.11 Å². The molecule has 3 unspecified atom stereocenters. The standard InChI is InChI=1S/C17H29N3O/c1-14(10-15(2)21)19-17(12-18)8-9-20(13-17)11-16-6-4-3-5-7-16/h3-7,14-15,19,21H,8-13,18H2,1-2H3. The van der Waals surface area contributed by atoms with Gasteiger partial charge in [0.15, 0.2) is 0 Å². The fourth-order valence-electron chi connectivity index (χ4n) is 3.37. The highest BCUT2D eigenvalue weighted by Crippen LogP contribution is 2.23. The third-order valence-electron chi connectivity index (χ3n) is 4.32. The fraction of sp³-hybridized carbons (Fsp3) is 0.647. The molecule has 3 atom stereocenters. The van der Waals surface area contributed by atoms with E-state index in [4.69, 9.17) is 5.73 Å². The van der Waals surface area contributed by atoms with E-state index in [1.807, 2.05) is 6.92 Å². The molecule has 4 heteroatoms. The molecule has 1 saturated heterocycles. The minimum absolute atomic E-state index is 0.0108. The van der Waals surface area contributed by atoms with Gasteiger partial charge in [0.2, 0.25) is 0 Å². The first-order chi connectivity index (χ1) is 10.0. The summed E-state index contributed by atoms with van der Waals surface area (Å²) in [6.07, 6.45) is 1.56. The summed E-state index contributed by atoms with van der Waals surface area (Å²) in [5.41, 5.74) is 7.39. The van der Waals surface area contributed by atoms with E-state index in [1.165, 1.54) is 5.56 Å². The molecule has 4 N–H and O–H groups in total. The molecule has 0 spiro atoms. The molecule has 21 heavy (non-hydrogen) atoms. The summed E-state index contributed by atoms with van der Waals surface area (Å²) in [4.78, 5) is 2.46. The number of hydrogen-bond donors (Lipinski definition) is 3. The van der Waals surface area contributed by atoms with Gasteiger partial charge in [0, 0.05) is 37.8 Å². The molecular formula is C17H29N3O. The Hall–Kier alpha value is -0.940. The average Bonchev–Trinajstić information content (AvgIpc) is 2.82. The Morgan fingerprint density at radius 2 is 2.05 bits per heavy atom. The van der Waals surface area contributed by atoms with Crippen molar-refractivity contribution >= 4 is 0 Å². The Labute approximate surface area is 128 Å². The molecule has 0 aromatic heterocycles. The van der Waals surface area contributed by atoms with Gasteiger partial charge in [0.05, 0.1) is 6.10 Å². The van der Waals surface area contributed by atoms with Crippen molar-refractivity contribution in [3.05, 3.63) is 35.9 Å². The first kappa shape index (κ1) is 16.4. The molecule has 118 valence electrons. The molecular weight excluding hydrogens is 262 g/mol. The number of nitrogens with one attached hydrogen (secondary N) is 1. The van der Waals surface area contributed by atoms with Gasteiger partial charge in [-0.2, -0.15) is 0 Å². The van der Waals surface area contributed by atoms with Gasteiger partial charge in [0.25, 0.3) is 0 Å². The van der Waals surface area contributed by atoms with Crippen molar-refractivity contribution in [1.29, 1.82) is 0 Å². The van der Waals surface area contributed by atoms with Crippen LogP contribution in [0.1, 0.15) is 32.3 Å². The maximum Gasteiger partial charge on any atom is 0.0526 e. The molecule has 1 aliphatic heterocycles. The molecule has 0 aliphatic carbocycles. The Kier molecular flexibility index (Phi) is 5.76. The van der Waals surface area contributed by atoms with Gasteiger partial charge in [0.1, 0.15) is 0 Å². The van der Waals surface area contributed by atoms with E-state index in [-0.39, 0.29) is 17.7 Å². The van der Waals surface area contributed by atoms with Crippen LogP contribution in [0.25, 0.3) is 0 Å². The Bertz CT molecular complexity index is 423. The summed E-state index contributed by atoms with van der Waals surface area (Å²) in [7, 11) is 0. The highest BCUT2D eigenvalue weighted by molar-refractivity contribution is 5.15. The predicted octanol–water partition coefficient (Wildman–Crippen LogP) is 1.34. The van der Waals surface area contributed by atoms with Crippen LogP contribution in [0.3, 0.4) is 0 Å². The maximum atomic E-state index is 9.52. The Balaban J connectivity index is 1.91. The summed E-state index contributed by atoms with van der Waals surface area (Å²) in [5.74, 6) is 0. The van der Waals surface area contributed by atoms with Crippen LogP contribution in [-0.4, -0.2) is 47.3 Å². The van der Waals surface area contributed by atoms with Gasteiger partial charge < -0.3 is 16.2 Å². The van der Waals surface area contributed by atoms with E-state index in [0.717, 1.165) is 32.5 Å². The van der Waals surface area contributed by atoms with Crippen LogP contribution in [0.5, 0.6) is 0 Å². The predicted molar refractivity (Wildman–Crippen MR) is 87.0 cm³/mol. The van der Waals surface area contributed by atoms with Crippen LogP contribution in [-0.2, 0) is 6.54 Å². The number of hydrogen-bond acceptors (Lipinski definition) is 4. The summed E-state index contributed by atoms with van der Waals surface area (Å²) in [6, 6.07) is 10.9. The van der Waals surface area contributed by atoms with Gasteiger partial charge in [-0.15, -0.1) is 0 Å². The second-order valence-corrected chi connectivity index (χ2v) is 6.56. The molecule has 1 aromatic carbocycles. The van der Waals surface area contributed by atoms with Gasteiger partial charge in [-0.3, -0.25) is 4.90 Å². The first-order valence-electron chi connectivity index (χ1n) is 7.95. The van der Waals surface area contributed by atoms with Crippen LogP contribution in [0, 0.1) is 0 Å². The molecule has 0 saturated carbocycles. The smallest absolute Gasteiger partial charge is 0.0526 e. The van der Waals surface area contributed by atoms with Gasteiger partial charge in [-0.1, -0.05) is 30.3 Å². The van der Waals surface area contributed by atoms with E-state index < -0.39 is 0 Å². The van der Waals surface area contributed by atoms with Crippen molar-refractivity contribution in [2.75, 3.05) is 19.6 Å². The molecule has 0 radical (unpaired) electrons. The lowest BCUT2D eigenvalue weighted by Gasteiger charge is -2.33. The lowest BCUT2D eigenvalue weighted by molar-refractivity contribution is 0.158. The van der Waals surface area contributed by atoms with E-state index in [1.54, 1.807) is 0 Å². The third kappa shape index (κ3) is 4.78. The van der Waals surface area contributed by atoms with Gasteiger partial charge >= 0.3 is 0 Å². The summed E-state index contributed by atoms with van der Waals surface area (Å²) < 4.78 is 0. The molecule has 1 fully saturated rings. The second kappa shape index (κ2) is 7.36. The van der Waals surface area contributed by atoms with E-state index in [2.05, 4.69) is 47.5 Å². The highest BCUT2D eigenvalue weighted by Gasteiger charge is 2.37. The van der Waals surface area contributed by atoms with Crippen LogP contribution < -0.4 is 11.1 Å². The molecule has 1 aromatic rings. The average molecular weight is 291 g/mol. The molecule has 2 rings (SSSR count). The van der Waals surface area contributed by atoms with Crippen molar-refractivity contribution < 1.29 is 5.11 Å². The van der Waals surface area contributed by atoms with Crippen molar-refractivity contribution in [1.82, 2.24) is 10.2 Å². The molecule has 1 aliphatic rings. The largest absolute Gasteiger partial charge is 0.393 e. The van der Waals surface area contributed by atoms with Gasteiger partial charge in [-0.25, -0.2) is 0 Å². The Morgan fingerprint density at radius 1 is 1.33 bits per heavy atom. The molecule has 4 nitrogen and oxygen atoms in total. The normalized spacial score (nSPS) is 25.9. The van der Waals surface area contributed by atoms with Crippen molar-refractivity contribution in [2.45, 2.75) is 50.9 Å². The van der Waals surface area contributed by atoms with Crippen LogP contribution in [0.4, 0.5) is 0 Å². The van der Waals surface area contributed by atoms with Crippen molar-refractivity contribution in [3.63, 3.8) is 0 Å². The summed E-state index contributed by atoms with van der Waals surface area (Å²) in [5, 5.41) is 13.2. The van der Waals surface area contributed by atoms with E-state index in [0.29, 0.717) is 6.54 Å². The zero-order valence-electron chi connectivity index (χ0n) is 13.3. The SMILES string of the molecule is CC(O)CC(C)NC1(CN)CCN(Cc2ccccc2)C1. The van der Waals surface area contributed by atoms with Crippen LogP contribution in [0.15, 0.2) is 30.3 Å². The summed E-state index contributed by atoms with van der Waals surface area (Å²) in [6.45, 7) is 7.63. The van der Waals surface area contributed by atoms with Crippen molar-refractivity contribution in [2.24, 2.45) is 5.73 Å². The number of aliphatic hydroxyl groups is 1.